The second kappa shape index (κ2) is 8.06. The van der Waals surface area contributed by atoms with Crippen LogP contribution in [0, 0.1) is 0 Å². The van der Waals surface area contributed by atoms with E-state index in [-0.39, 0.29) is 13.2 Å². The van der Waals surface area contributed by atoms with Crippen LogP contribution in [-0.4, -0.2) is 17.5 Å². The van der Waals surface area contributed by atoms with E-state index < -0.39 is 23.7 Å². The summed E-state index contributed by atoms with van der Waals surface area (Å²) in [6.45, 7) is 1.63. The first-order chi connectivity index (χ1) is 12.8. The van der Waals surface area contributed by atoms with Crippen LogP contribution < -0.4 is 5.32 Å². The number of ether oxygens (including phenoxy) is 1. The third-order valence-electron chi connectivity index (χ3n) is 3.89. The molecule has 1 unspecified atom stereocenters. The second-order valence-electron chi connectivity index (χ2n) is 5.98. The number of alkyl halides is 3. The highest BCUT2D eigenvalue weighted by atomic mass is 32.1. The highest BCUT2D eigenvalue weighted by molar-refractivity contribution is 7.18. The molecule has 0 aliphatic carbocycles. The summed E-state index contributed by atoms with van der Waals surface area (Å²) in [5, 5.41) is 3.40. The van der Waals surface area contributed by atoms with Gasteiger partial charge in [0.1, 0.15) is 11.6 Å². The van der Waals surface area contributed by atoms with Gasteiger partial charge in [-0.15, -0.1) is 11.3 Å². The Hall–Kier alpha value is -2.45. The molecule has 3 aromatic rings. The minimum Gasteiger partial charge on any atom is -0.364 e. The number of halogens is 3. The van der Waals surface area contributed by atoms with Gasteiger partial charge in [-0.3, -0.25) is 4.79 Å². The van der Waals surface area contributed by atoms with Gasteiger partial charge in [-0.2, -0.15) is 13.2 Å². The number of hydrogen-bond donors (Lipinski definition) is 1. The lowest BCUT2D eigenvalue weighted by Crippen LogP contribution is -2.30. The number of rotatable bonds is 6. The Morgan fingerprint density at radius 3 is 2.74 bits per heavy atom. The Balaban J connectivity index is 1.51. The molecule has 8 heteroatoms. The van der Waals surface area contributed by atoms with Crippen molar-refractivity contribution in [2.45, 2.75) is 25.7 Å². The lowest BCUT2D eigenvalue weighted by molar-refractivity contribution is -0.137. The molecule has 1 amide bonds. The molecule has 0 bridgehead atoms. The lowest BCUT2D eigenvalue weighted by atomic mass is 10.0. The van der Waals surface area contributed by atoms with Crippen LogP contribution >= 0.6 is 11.3 Å². The Bertz CT molecular complexity index is 907. The van der Waals surface area contributed by atoms with Crippen LogP contribution in [0.4, 0.5) is 13.2 Å². The molecule has 1 heterocycles. The van der Waals surface area contributed by atoms with E-state index in [9.17, 15) is 18.0 Å². The van der Waals surface area contributed by atoms with Gasteiger partial charge < -0.3 is 10.1 Å². The van der Waals surface area contributed by atoms with Crippen molar-refractivity contribution in [3.63, 3.8) is 0 Å². The van der Waals surface area contributed by atoms with Crippen LogP contribution in [0.3, 0.4) is 0 Å². The van der Waals surface area contributed by atoms with Gasteiger partial charge in [-0.05, 0) is 36.8 Å². The van der Waals surface area contributed by atoms with Gasteiger partial charge in [-0.1, -0.05) is 24.3 Å². The quantitative estimate of drug-likeness (QED) is 0.659. The zero-order valence-electron chi connectivity index (χ0n) is 14.4. The molecular weight excluding hydrogens is 377 g/mol. The molecule has 0 aliphatic rings. The fourth-order valence-electron chi connectivity index (χ4n) is 2.56. The normalized spacial score (nSPS) is 12.9. The monoisotopic (exact) mass is 394 g/mol. The van der Waals surface area contributed by atoms with E-state index in [1.807, 2.05) is 24.3 Å². The van der Waals surface area contributed by atoms with E-state index in [1.54, 1.807) is 13.0 Å². The molecule has 27 heavy (non-hydrogen) atoms. The van der Waals surface area contributed by atoms with E-state index in [4.69, 9.17) is 4.74 Å². The molecule has 1 aromatic heterocycles. The van der Waals surface area contributed by atoms with Crippen molar-refractivity contribution in [1.29, 1.82) is 0 Å². The maximum atomic E-state index is 12.8. The van der Waals surface area contributed by atoms with Crippen molar-refractivity contribution < 1.29 is 22.7 Å². The SMILES string of the molecule is CC(NC(=O)COCc1nc2ccccc2s1)c1cccc(C(F)(F)F)c1. The predicted octanol–water partition coefficient (Wildman–Crippen LogP) is 4.71. The number of benzene rings is 2. The molecule has 2 aromatic carbocycles. The molecule has 0 radical (unpaired) electrons. The maximum absolute atomic E-state index is 12.8. The average molecular weight is 394 g/mol. The van der Waals surface area contributed by atoms with Gasteiger partial charge in [0.2, 0.25) is 5.91 Å². The molecule has 1 atom stereocenters. The topological polar surface area (TPSA) is 51.2 Å². The lowest BCUT2D eigenvalue weighted by Gasteiger charge is -2.16. The third kappa shape index (κ3) is 5.05. The van der Waals surface area contributed by atoms with Gasteiger partial charge in [0.15, 0.2) is 0 Å². The molecule has 0 spiro atoms. The van der Waals surface area contributed by atoms with Crippen LogP contribution in [0.15, 0.2) is 48.5 Å². The van der Waals surface area contributed by atoms with Crippen molar-refractivity contribution in [2.24, 2.45) is 0 Å². The molecule has 0 saturated carbocycles. The van der Waals surface area contributed by atoms with Crippen LogP contribution in [0.5, 0.6) is 0 Å². The number of amides is 1. The Morgan fingerprint density at radius 1 is 1.22 bits per heavy atom. The Labute approximate surface area is 158 Å². The fraction of sp³-hybridized carbons (Fsp3) is 0.263. The van der Waals surface area contributed by atoms with Crippen LogP contribution in [0.2, 0.25) is 0 Å². The standard InChI is InChI=1S/C19H17F3N2O2S/c1-12(13-5-4-6-14(9-13)19(20,21)22)23-17(25)10-26-11-18-24-15-7-2-3-8-16(15)27-18/h2-9,12H,10-11H2,1H3,(H,23,25). The summed E-state index contributed by atoms with van der Waals surface area (Å²) in [6.07, 6.45) is -4.42. The first-order valence-electron chi connectivity index (χ1n) is 8.21. The Morgan fingerprint density at radius 2 is 2.00 bits per heavy atom. The van der Waals surface area contributed by atoms with E-state index >= 15 is 0 Å². The summed E-state index contributed by atoms with van der Waals surface area (Å²) in [5.74, 6) is -0.402. The molecule has 0 saturated heterocycles. The number of fused-ring (bicyclic) bond motifs is 1. The summed E-state index contributed by atoms with van der Waals surface area (Å²) >= 11 is 1.49. The number of hydrogen-bond acceptors (Lipinski definition) is 4. The molecule has 0 fully saturated rings. The van der Waals surface area contributed by atoms with Gasteiger partial charge >= 0.3 is 6.18 Å². The van der Waals surface area contributed by atoms with Gasteiger partial charge in [0, 0.05) is 0 Å². The van der Waals surface area contributed by atoms with E-state index in [1.165, 1.54) is 17.4 Å². The van der Waals surface area contributed by atoms with E-state index in [2.05, 4.69) is 10.3 Å². The summed E-state index contributed by atoms with van der Waals surface area (Å²) in [6, 6.07) is 12.0. The van der Waals surface area contributed by atoms with Gasteiger partial charge in [0.25, 0.3) is 0 Å². The Kier molecular flexibility index (Phi) is 5.76. The zero-order chi connectivity index (χ0) is 19.4. The van der Waals surface area contributed by atoms with Crippen molar-refractivity contribution in [3.8, 4) is 0 Å². The van der Waals surface area contributed by atoms with Crippen LogP contribution in [0.1, 0.15) is 29.1 Å². The van der Waals surface area contributed by atoms with Crippen LogP contribution in [0.25, 0.3) is 10.2 Å². The molecule has 3 rings (SSSR count). The zero-order valence-corrected chi connectivity index (χ0v) is 15.2. The van der Waals surface area contributed by atoms with Crippen molar-refractivity contribution in [3.05, 3.63) is 64.7 Å². The molecule has 1 N–H and O–H groups in total. The number of thiazole rings is 1. The van der Waals surface area contributed by atoms with E-state index in [0.29, 0.717) is 5.56 Å². The van der Waals surface area contributed by atoms with E-state index in [0.717, 1.165) is 27.4 Å². The summed E-state index contributed by atoms with van der Waals surface area (Å²) in [5.41, 5.74) is 0.515. The number of carbonyl (C=O) groups excluding carboxylic acids is 1. The molecular formula is C19H17F3N2O2S. The summed E-state index contributed by atoms with van der Waals surface area (Å²) in [7, 11) is 0. The van der Waals surface area contributed by atoms with Gasteiger partial charge in [0.05, 0.1) is 28.4 Å². The minimum absolute atomic E-state index is 0.195. The maximum Gasteiger partial charge on any atom is 0.416 e. The highest BCUT2D eigenvalue weighted by Gasteiger charge is 2.30. The minimum atomic E-state index is -4.42. The predicted molar refractivity (Wildman–Crippen MR) is 97.3 cm³/mol. The number of carbonyl (C=O) groups is 1. The number of aromatic nitrogens is 1. The molecule has 4 nitrogen and oxygen atoms in total. The largest absolute Gasteiger partial charge is 0.416 e. The molecule has 0 aliphatic heterocycles. The van der Waals surface area contributed by atoms with Crippen molar-refractivity contribution in [2.75, 3.05) is 6.61 Å². The molecule has 142 valence electrons. The second-order valence-corrected chi connectivity index (χ2v) is 7.10. The van der Waals surface area contributed by atoms with Crippen LogP contribution in [-0.2, 0) is 22.3 Å². The van der Waals surface area contributed by atoms with Crippen molar-refractivity contribution >= 4 is 27.5 Å². The summed E-state index contributed by atoms with van der Waals surface area (Å²) < 4.78 is 44.8. The van der Waals surface area contributed by atoms with Gasteiger partial charge in [-0.25, -0.2) is 4.98 Å². The first kappa shape index (κ1) is 19.3. The first-order valence-corrected chi connectivity index (χ1v) is 9.03. The number of para-hydroxylation sites is 1. The number of nitrogens with zero attached hydrogens (tertiary/aromatic N) is 1. The highest BCUT2D eigenvalue weighted by Crippen LogP contribution is 2.30. The smallest absolute Gasteiger partial charge is 0.364 e. The third-order valence-corrected chi connectivity index (χ3v) is 4.90. The van der Waals surface area contributed by atoms with Crippen molar-refractivity contribution in [1.82, 2.24) is 10.3 Å². The number of nitrogens with one attached hydrogen (secondary N) is 1. The average Bonchev–Trinajstić information content (AvgIpc) is 3.03. The summed E-state index contributed by atoms with van der Waals surface area (Å²) in [4.78, 5) is 16.4. The fourth-order valence-corrected chi connectivity index (χ4v) is 3.47.